The topological polar surface area (TPSA) is 94.9 Å². The van der Waals surface area contributed by atoms with Crippen LogP contribution in [0.5, 0.6) is 0 Å². The summed E-state index contributed by atoms with van der Waals surface area (Å²) in [6.45, 7) is 0. The van der Waals surface area contributed by atoms with Crippen molar-refractivity contribution in [2.24, 2.45) is 0 Å². The Kier molecular flexibility index (Phi) is 3.26. The highest BCUT2D eigenvalue weighted by Gasteiger charge is 2.35. The lowest BCUT2D eigenvalue weighted by Gasteiger charge is -2.12. The number of rotatable bonds is 2. The number of nitro groups is 1. The predicted molar refractivity (Wildman–Crippen MR) is 63.5 cm³/mol. The van der Waals surface area contributed by atoms with Gasteiger partial charge in [-0.15, -0.1) is 0 Å². The Hall–Kier alpha value is -2.71. The molecule has 0 radical (unpaired) electrons. The van der Waals surface area contributed by atoms with Crippen LogP contribution < -0.4 is 5.73 Å². The maximum Gasteiger partial charge on any atom is 0.417 e. The molecule has 9 heteroatoms. The second kappa shape index (κ2) is 4.76. The van der Waals surface area contributed by atoms with Crippen molar-refractivity contribution in [3.8, 4) is 11.3 Å². The van der Waals surface area contributed by atoms with E-state index in [0.29, 0.717) is 0 Å². The zero-order valence-corrected chi connectivity index (χ0v) is 9.76. The quantitative estimate of drug-likeness (QED) is 0.675. The van der Waals surface area contributed by atoms with Gasteiger partial charge in [-0.2, -0.15) is 13.2 Å². The van der Waals surface area contributed by atoms with Crippen LogP contribution >= 0.6 is 0 Å². The van der Waals surface area contributed by atoms with E-state index in [4.69, 9.17) is 5.73 Å². The first-order chi connectivity index (χ1) is 9.30. The lowest BCUT2D eigenvalue weighted by atomic mass is 10.0. The Balaban J connectivity index is 2.75. The Morgan fingerprint density at radius 1 is 1.25 bits per heavy atom. The molecule has 0 unspecified atom stereocenters. The van der Waals surface area contributed by atoms with E-state index in [2.05, 4.69) is 9.97 Å². The molecule has 20 heavy (non-hydrogen) atoms. The Bertz CT molecular complexity index is 673. The van der Waals surface area contributed by atoms with E-state index < -0.39 is 33.6 Å². The Labute approximate surface area is 110 Å². The van der Waals surface area contributed by atoms with Gasteiger partial charge in [-0.25, -0.2) is 9.97 Å². The average Bonchev–Trinajstić information content (AvgIpc) is 2.37. The van der Waals surface area contributed by atoms with Crippen molar-refractivity contribution in [1.82, 2.24) is 9.97 Å². The number of nitrogen functional groups attached to an aromatic ring is 1. The molecule has 104 valence electrons. The lowest BCUT2D eigenvalue weighted by molar-refractivity contribution is -0.384. The number of halogens is 3. The van der Waals surface area contributed by atoms with Gasteiger partial charge < -0.3 is 5.73 Å². The highest BCUT2D eigenvalue weighted by Crippen LogP contribution is 2.38. The Morgan fingerprint density at radius 2 is 1.90 bits per heavy atom. The van der Waals surface area contributed by atoms with Crippen LogP contribution in [0.3, 0.4) is 0 Å². The van der Waals surface area contributed by atoms with Crippen molar-refractivity contribution < 1.29 is 18.1 Å². The van der Waals surface area contributed by atoms with Gasteiger partial charge in [0.25, 0.3) is 0 Å². The van der Waals surface area contributed by atoms with E-state index in [-0.39, 0.29) is 5.95 Å². The molecule has 2 aromatic rings. The second-order valence-corrected chi connectivity index (χ2v) is 3.76. The molecular formula is C11H7F3N4O2. The maximum atomic E-state index is 12.9. The molecule has 0 saturated heterocycles. The fourth-order valence-corrected chi connectivity index (χ4v) is 1.66. The monoisotopic (exact) mass is 284 g/mol. The van der Waals surface area contributed by atoms with Gasteiger partial charge in [-0.05, 0) is 6.07 Å². The molecule has 0 aliphatic carbocycles. The van der Waals surface area contributed by atoms with Gasteiger partial charge in [0.05, 0.1) is 10.5 Å². The minimum Gasteiger partial charge on any atom is -0.368 e. The fraction of sp³-hybridized carbons (Fsp3) is 0.0909. The van der Waals surface area contributed by atoms with Crippen molar-refractivity contribution in [3.63, 3.8) is 0 Å². The summed E-state index contributed by atoms with van der Waals surface area (Å²) in [5, 5.41) is 10.9. The van der Waals surface area contributed by atoms with Crippen LogP contribution in [-0.2, 0) is 6.18 Å². The van der Waals surface area contributed by atoms with Crippen LogP contribution in [0.15, 0.2) is 30.5 Å². The highest BCUT2D eigenvalue weighted by molar-refractivity contribution is 5.73. The first-order valence-electron chi connectivity index (χ1n) is 5.24. The van der Waals surface area contributed by atoms with E-state index in [0.717, 1.165) is 18.3 Å². The van der Waals surface area contributed by atoms with Crippen molar-refractivity contribution in [2.45, 2.75) is 6.18 Å². The fourth-order valence-electron chi connectivity index (χ4n) is 1.66. The van der Waals surface area contributed by atoms with Gasteiger partial charge in [-0.1, -0.05) is 18.2 Å². The van der Waals surface area contributed by atoms with E-state index in [1.807, 2.05) is 0 Å². The van der Waals surface area contributed by atoms with Gasteiger partial charge in [0.2, 0.25) is 5.95 Å². The zero-order chi connectivity index (χ0) is 14.9. The number of anilines is 1. The summed E-state index contributed by atoms with van der Waals surface area (Å²) in [4.78, 5) is 17.0. The van der Waals surface area contributed by atoms with Gasteiger partial charge >= 0.3 is 11.9 Å². The standard InChI is InChI=1S/C11H7F3N4O2/c12-11(13,14)7-4-2-1-3-6(7)9-8(18(19)20)5-16-10(15)17-9/h1-5H,(H2,15,16,17). The minimum absolute atomic E-state index is 0.345. The lowest BCUT2D eigenvalue weighted by Crippen LogP contribution is -2.09. The van der Waals surface area contributed by atoms with Crippen LogP contribution in [0, 0.1) is 10.1 Å². The first-order valence-corrected chi connectivity index (χ1v) is 5.24. The summed E-state index contributed by atoms with van der Waals surface area (Å²) < 4.78 is 38.8. The molecular weight excluding hydrogens is 277 g/mol. The molecule has 0 aliphatic heterocycles. The minimum atomic E-state index is -4.66. The summed E-state index contributed by atoms with van der Waals surface area (Å²) >= 11 is 0. The van der Waals surface area contributed by atoms with Crippen molar-refractivity contribution in [2.75, 3.05) is 5.73 Å². The molecule has 0 spiro atoms. The van der Waals surface area contributed by atoms with Crippen LogP contribution in [0.4, 0.5) is 24.8 Å². The summed E-state index contributed by atoms with van der Waals surface area (Å²) in [6, 6.07) is 4.42. The third-order valence-corrected chi connectivity index (χ3v) is 2.47. The molecule has 0 amide bonds. The molecule has 0 bridgehead atoms. The van der Waals surface area contributed by atoms with Gasteiger partial charge in [0, 0.05) is 5.56 Å². The summed E-state index contributed by atoms with van der Waals surface area (Å²) in [7, 11) is 0. The van der Waals surface area contributed by atoms with Gasteiger partial charge in [-0.3, -0.25) is 10.1 Å². The number of hydrogen-bond acceptors (Lipinski definition) is 5. The average molecular weight is 284 g/mol. The molecule has 0 saturated carbocycles. The van der Waals surface area contributed by atoms with E-state index in [9.17, 15) is 23.3 Å². The maximum absolute atomic E-state index is 12.9. The van der Waals surface area contributed by atoms with Crippen LogP contribution in [0.1, 0.15) is 5.56 Å². The molecule has 0 atom stereocenters. The third-order valence-electron chi connectivity index (χ3n) is 2.47. The molecule has 1 heterocycles. The molecule has 2 N–H and O–H groups in total. The highest BCUT2D eigenvalue weighted by atomic mass is 19.4. The third kappa shape index (κ3) is 2.51. The summed E-state index contributed by atoms with van der Waals surface area (Å²) in [5.74, 6) is -0.345. The van der Waals surface area contributed by atoms with E-state index in [1.165, 1.54) is 12.1 Å². The second-order valence-electron chi connectivity index (χ2n) is 3.76. The predicted octanol–water partition coefficient (Wildman–Crippen LogP) is 2.65. The number of aromatic nitrogens is 2. The number of nitrogens with two attached hydrogens (primary N) is 1. The van der Waals surface area contributed by atoms with Crippen LogP contribution in [0.25, 0.3) is 11.3 Å². The number of alkyl halides is 3. The zero-order valence-electron chi connectivity index (χ0n) is 9.76. The van der Waals surface area contributed by atoms with Gasteiger partial charge in [0.1, 0.15) is 6.20 Å². The SMILES string of the molecule is Nc1ncc([N+](=O)[O-])c(-c2ccccc2C(F)(F)F)n1. The molecule has 6 nitrogen and oxygen atoms in total. The molecule has 2 rings (SSSR count). The Morgan fingerprint density at radius 3 is 2.50 bits per heavy atom. The number of nitrogens with zero attached hydrogens (tertiary/aromatic N) is 3. The molecule has 1 aromatic heterocycles. The molecule has 0 fully saturated rings. The van der Waals surface area contributed by atoms with E-state index >= 15 is 0 Å². The molecule has 1 aromatic carbocycles. The largest absolute Gasteiger partial charge is 0.417 e. The first kappa shape index (κ1) is 13.7. The van der Waals surface area contributed by atoms with Crippen molar-refractivity contribution in [1.29, 1.82) is 0 Å². The van der Waals surface area contributed by atoms with Crippen molar-refractivity contribution in [3.05, 3.63) is 46.1 Å². The number of benzene rings is 1. The van der Waals surface area contributed by atoms with Crippen molar-refractivity contribution >= 4 is 11.6 Å². The van der Waals surface area contributed by atoms with Crippen LogP contribution in [0.2, 0.25) is 0 Å². The molecule has 0 aliphatic rings. The summed E-state index contributed by atoms with van der Waals surface area (Å²) in [5.41, 5.74) is 2.75. The van der Waals surface area contributed by atoms with Gasteiger partial charge in [0.15, 0.2) is 5.69 Å². The summed E-state index contributed by atoms with van der Waals surface area (Å²) in [6.07, 6.45) is -3.88. The normalized spacial score (nSPS) is 11.3. The van der Waals surface area contributed by atoms with E-state index in [1.54, 1.807) is 0 Å². The number of hydrogen-bond donors (Lipinski definition) is 1. The van der Waals surface area contributed by atoms with Crippen LogP contribution in [-0.4, -0.2) is 14.9 Å². The smallest absolute Gasteiger partial charge is 0.368 e.